The maximum Gasteiger partial charge on any atom is 0.305 e. The number of ether oxygens (including phenoxy) is 1. The molecule has 3 N–H and O–H groups in total. The Morgan fingerprint density at radius 1 is 1.50 bits per heavy atom. The molecule has 1 aromatic rings. The van der Waals surface area contributed by atoms with Gasteiger partial charge in [-0.1, -0.05) is 0 Å². The van der Waals surface area contributed by atoms with Gasteiger partial charge in [0.2, 0.25) is 10.0 Å². The summed E-state index contributed by atoms with van der Waals surface area (Å²) in [5, 5.41) is 3.86. The molecule has 0 saturated heterocycles. The molecule has 1 rings (SSSR count). The van der Waals surface area contributed by atoms with E-state index in [2.05, 4.69) is 9.82 Å². The van der Waals surface area contributed by atoms with E-state index in [1.54, 1.807) is 20.9 Å². The number of anilines is 1. The highest BCUT2D eigenvalue weighted by atomic mass is 32.2. The molecule has 9 heteroatoms. The average Bonchev–Trinajstić information content (AvgIpc) is 2.60. The van der Waals surface area contributed by atoms with E-state index in [0.717, 1.165) is 0 Å². The van der Waals surface area contributed by atoms with Crippen LogP contribution in [-0.4, -0.2) is 37.3 Å². The van der Waals surface area contributed by atoms with Crippen LogP contribution in [0.4, 0.5) is 5.82 Å². The minimum absolute atomic E-state index is 0.0175. The van der Waals surface area contributed by atoms with Crippen LogP contribution in [0.2, 0.25) is 0 Å². The topological polar surface area (TPSA) is 116 Å². The molecule has 0 spiro atoms. The highest BCUT2D eigenvalue weighted by Crippen LogP contribution is 2.20. The second-order valence-corrected chi connectivity index (χ2v) is 5.93. The van der Waals surface area contributed by atoms with Crippen LogP contribution in [-0.2, 0) is 26.6 Å². The van der Waals surface area contributed by atoms with Gasteiger partial charge in [0.15, 0.2) is 5.82 Å². The summed E-state index contributed by atoms with van der Waals surface area (Å²) in [5.41, 5.74) is 6.05. The second kappa shape index (κ2) is 6.71. The minimum Gasteiger partial charge on any atom is -0.466 e. The molecule has 0 radical (unpaired) electrons. The van der Waals surface area contributed by atoms with Crippen molar-refractivity contribution in [2.45, 2.75) is 31.6 Å². The molecule has 1 heterocycles. The van der Waals surface area contributed by atoms with Gasteiger partial charge in [0, 0.05) is 20.0 Å². The van der Waals surface area contributed by atoms with E-state index in [0.29, 0.717) is 18.7 Å². The summed E-state index contributed by atoms with van der Waals surface area (Å²) in [6.07, 6.45) is 0.523. The smallest absolute Gasteiger partial charge is 0.305 e. The maximum absolute atomic E-state index is 12.1. The molecule has 0 bridgehead atoms. The molecule has 1 aromatic heterocycles. The van der Waals surface area contributed by atoms with E-state index in [4.69, 9.17) is 10.5 Å². The fourth-order valence-electron chi connectivity index (χ4n) is 1.69. The third-order valence-corrected chi connectivity index (χ3v) is 4.35. The molecule has 0 atom stereocenters. The summed E-state index contributed by atoms with van der Waals surface area (Å²) < 4.78 is 32.7. The van der Waals surface area contributed by atoms with Crippen molar-refractivity contribution < 1.29 is 17.9 Å². The van der Waals surface area contributed by atoms with Gasteiger partial charge in [-0.05, 0) is 20.3 Å². The number of aryl methyl sites for hydroxylation is 1. The van der Waals surface area contributed by atoms with Gasteiger partial charge < -0.3 is 10.5 Å². The number of nitrogen functional groups attached to an aromatic ring is 1. The van der Waals surface area contributed by atoms with Crippen LogP contribution >= 0.6 is 0 Å². The molecule has 0 aliphatic carbocycles. The van der Waals surface area contributed by atoms with E-state index in [1.807, 2.05) is 0 Å². The van der Waals surface area contributed by atoms with Crippen LogP contribution in [0.5, 0.6) is 0 Å². The largest absolute Gasteiger partial charge is 0.466 e. The third kappa shape index (κ3) is 3.94. The van der Waals surface area contributed by atoms with Crippen molar-refractivity contribution in [2.24, 2.45) is 7.05 Å². The van der Waals surface area contributed by atoms with Crippen molar-refractivity contribution in [2.75, 3.05) is 18.9 Å². The number of nitrogens with two attached hydrogens (primary N) is 1. The first-order chi connectivity index (χ1) is 9.29. The lowest BCUT2D eigenvalue weighted by Crippen LogP contribution is -2.26. The number of rotatable bonds is 7. The molecule has 0 saturated carbocycles. The molecule has 0 fully saturated rings. The number of hydrogen-bond donors (Lipinski definition) is 2. The van der Waals surface area contributed by atoms with Gasteiger partial charge >= 0.3 is 5.97 Å². The first-order valence-electron chi connectivity index (χ1n) is 6.24. The fourth-order valence-corrected chi connectivity index (χ4v) is 3.09. The van der Waals surface area contributed by atoms with Crippen LogP contribution in [0, 0.1) is 6.92 Å². The summed E-state index contributed by atoms with van der Waals surface area (Å²) >= 11 is 0. The minimum atomic E-state index is -3.72. The molecule has 20 heavy (non-hydrogen) atoms. The SMILES string of the molecule is CCOC(=O)CCCNS(=O)(=O)c1c(N)nn(C)c1C. The molecular formula is C11H20N4O4S. The van der Waals surface area contributed by atoms with Crippen LogP contribution in [0.25, 0.3) is 0 Å². The zero-order valence-electron chi connectivity index (χ0n) is 11.8. The predicted octanol–water partition coefficient (Wildman–Crippen LogP) is -0.0677. The van der Waals surface area contributed by atoms with Crippen molar-refractivity contribution in [1.82, 2.24) is 14.5 Å². The zero-order chi connectivity index (χ0) is 15.3. The monoisotopic (exact) mass is 304 g/mol. The summed E-state index contributed by atoms with van der Waals surface area (Å²) in [6, 6.07) is 0. The Hall–Kier alpha value is -1.61. The van der Waals surface area contributed by atoms with E-state index in [1.165, 1.54) is 4.68 Å². The third-order valence-electron chi connectivity index (χ3n) is 2.73. The summed E-state index contributed by atoms with van der Waals surface area (Å²) in [4.78, 5) is 11.1. The van der Waals surface area contributed by atoms with Gasteiger partial charge in [-0.15, -0.1) is 0 Å². The molecule has 8 nitrogen and oxygen atoms in total. The Labute approximate surface area is 118 Å². The lowest BCUT2D eigenvalue weighted by Gasteiger charge is -2.06. The molecule has 0 aliphatic heterocycles. The van der Waals surface area contributed by atoms with Crippen LogP contribution in [0.1, 0.15) is 25.5 Å². The van der Waals surface area contributed by atoms with E-state index < -0.39 is 10.0 Å². The average molecular weight is 304 g/mol. The number of nitrogens with one attached hydrogen (secondary N) is 1. The summed E-state index contributed by atoms with van der Waals surface area (Å²) in [7, 11) is -2.10. The lowest BCUT2D eigenvalue weighted by molar-refractivity contribution is -0.143. The Bertz CT molecular complexity index is 579. The van der Waals surface area contributed by atoms with E-state index in [9.17, 15) is 13.2 Å². The standard InChI is InChI=1S/C11H20N4O4S/c1-4-19-9(16)6-5-7-13-20(17,18)10-8(2)15(3)14-11(10)12/h13H,4-7H2,1-3H3,(H2,12,14). The molecule has 0 unspecified atom stereocenters. The number of nitrogens with zero attached hydrogens (tertiary/aromatic N) is 2. The molecule has 114 valence electrons. The van der Waals surface area contributed by atoms with Gasteiger partial charge in [0.05, 0.1) is 12.3 Å². The number of carbonyl (C=O) groups excluding carboxylic acids is 1. The maximum atomic E-state index is 12.1. The molecule has 0 aliphatic rings. The Kier molecular flexibility index (Phi) is 5.52. The second-order valence-electron chi connectivity index (χ2n) is 4.23. The van der Waals surface area contributed by atoms with Crippen molar-refractivity contribution in [3.05, 3.63) is 5.69 Å². The summed E-state index contributed by atoms with van der Waals surface area (Å²) in [6.45, 7) is 3.79. The van der Waals surface area contributed by atoms with Crippen molar-refractivity contribution >= 4 is 21.8 Å². The van der Waals surface area contributed by atoms with Crippen molar-refractivity contribution in [3.8, 4) is 0 Å². The Balaban J connectivity index is 2.61. The van der Waals surface area contributed by atoms with Gasteiger partial charge in [0.1, 0.15) is 4.90 Å². The number of aromatic nitrogens is 2. The predicted molar refractivity (Wildman–Crippen MR) is 73.4 cm³/mol. The fraction of sp³-hybridized carbons (Fsp3) is 0.636. The number of hydrogen-bond acceptors (Lipinski definition) is 6. The molecule has 0 amide bonds. The molecular weight excluding hydrogens is 284 g/mol. The summed E-state index contributed by atoms with van der Waals surface area (Å²) in [5.74, 6) is -0.383. The number of sulfonamides is 1. The number of carbonyl (C=O) groups is 1. The van der Waals surface area contributed by atoms with Crippen LogP contribution in [0.3, 0.4) is 0 Å². The van der Waals surface area contributed by atoms with Gasteiger partial charge in [-0.3, -0.25) is 9.48 Å². The van der Waals surface area contributed by atoms with E-state index in [-0.39, 0.29) is 29.6 Å². The van der Waals surface area contributed by atoms with Crippen LogP contribution < -0.4 is 10.5 Å². The Morgan fingerprint density at radius 2 is 2.15 bits per heavy atom. The molecule has 0 aromatic carbocycles. The van der Waals surface area contributed by atoms with Crippen LogP contribution in [0.15, 0.2) is 4.90 Å². The first-order valence-corrected chi connectivity index (χ1v) is 7.72. The lowest BCUT2D eigenvalue weighted by atomic mass is 10.3. The van der Waals surface area contributed by atoms with Gasteiger partial charge in [0.25, 0.3) is 0 Å². The number of esters is 1. The van der Waals surface area contributed by atoms with Crippen molar-refractivity contribution in [3.63, 3.8) is 0 Å². The van der Waals surface area contributed by atoms with Gasteiger partial charge in [-0.2, -0.15) is 5.10 Å². The van der Waals surface area contributed by atoms with Gasteiger partial charge in [-0.25, -0.2) is 13.1 Å². The normalized spacial score (nSPS) is 11.6. The first kappa shape index (κ1) is 16.4. The quantitative estimate of drug-likeness (QED) is 0.538. The zero-order valence-corrected chi connectivity index (χ0v) is 12.7. The Morgan fingerprint density at radius 3 is 2.65 bits per heavy atom. The highest BCUT2D eigenvalue weighted by molar-refractivity contribution is 7.89. The van der Waals surface area contributed by atoms with Crippen molar-refractivity contribution in [1.29, 1.82) is 0 Å². The highest BCUT2D eigenvalue weighted by Gasteiger charge is 2.24. The van der Waals surface area contributed by atoms with E-state index >= 15 is 0 Å².